The van der Waals surface area contributed by atoms with Gasteiger partial charge < -0.3 is 15.5 Å². The summed E-state index contributed by atoms with van der Waals surface area (Å²) in [6.45, 7) is 11.7. The van der Waals surface area contributed by atoms with E-state index in [1.165, 1.54) is 0 Å². The standard InChI is InChI=1S/C11H25N3O/c1-6-14(7-2)9-8-13-10(15)11(3,4)12-5/h12H,6-9H2,1-5H3,(H,13,15). The van der Waals surface area contributed by atoms with Crippen LogP contribution in [0.5, 0.6) is 0 Å². The minimum Gasteiger partial charge on any atom is -0.353 e. The summed E-state index contributed by atoms with van der Waals surface area (Å²) in [7, 11) is 1.80. The second-order valence-electron chi connectivity index (χ2n) is 4.16. The van der Waals surface area contributed by atoms with Gasteiger partial charge in [-0.2, -0.15) is 0 Å². The number of nitrogens with one attached hydrogen (secondary N) is 2. The number of carbonyl (C=O) groups is 1. The lowest BCUT2D eigenvalue weighted by atomic mass is 10.1. The second-order valence-corrected chi connectivity index (χ2v) is 4.16. The lowest BCUT2D eigenvalue weighted by Crippen LogP contribution is -2.52. The molecule has 2 N–H and O–H groups in total. The van der Waals surface area contributed by atoms with E-state index in [1.807, 2.05) is 13.8 Å². The molecule has 15 heavy (non-hydrogen) atoms. The normalized spacial score (nSPS) is 11.9. The Morgan fingerprint density at radius 3 is 2.20 bits per heavy atom. The van der Waals surface area contributed by atoms with E-state index in [4.69, 9.17) is 0 Å². The highest BCUT2D eigenvalue weighted by Crippen LogP contribution is 1.99. The Bertz CT molecular complexity index is 188. The van der Waals surface area contributed by atoms with Crippen molar-refractivity contribution in [1.82, 2.24) is 15.5 Å². The first-order chi connectivity index (χ1) is 6.97. The Morgan fingerprint density at radius 2 is 1.80 bits per heavy atom. The lowest BCUT2D eigenvalue weighted by molar-refractivity contribution is -0.126. The third kappa shape index (κ3) is 5.14. The van der Waals surface area contributed by atoms with E-state index in [9.17, 15) is 4.79 Å². The molecule has 0 aliphatic carbocycles. The molecule has 0 saturated heterocycles. The van der Waals surface area contributed by atoms with Gasteiger partial charge in [0.25, 0.3) is 0 Å². The molecule has 0 aromatic heterocycles. The summed E-state index contributed by atoms with van der Waals surface area (Å²) >= 11 is 0. The number of carbonyl (C=O) groups excluding carboxylic acids is 1. The van der Waals surface area contributed by atoms with Crippen LogP contribution in [0, 0.1) is 0 Å². The van der Waals surface area contributed by atoms with Gasteiger partial charge in [0.15, 0.2) is 0 Å². The average Bonchev–Trinajstić information content (AvgIpc) is 2.24. The summed E-state index contributed by atoms with van der Waals surface area (Å²) in [5.74, 6) is 0.0529. The molecule has 0 aliphatic rings. The third-order valence-corrected chi connectivity index (χ3v) is 2.80. The van der Waals surface area contributed by atoms with Crippen LogP contribution >= 0.6 is 0 Å². The van der Waals surface area contributed by atoms with Crippen molar-refractivity contribution in [3.8, 4) is 0 Å². The van der Waals surface area contributed by atoms with Crippen molar-refractivity contribution in [2.75, 3.05) is 33.2 Å². The number of nitrogens with zero attached hydrogens (tertiary/aromatic N) is 1. The fourth-order valence-electron chi connectivity index (χ4n) is 1.20. The highest BCUT2D eigenvalue weighted by Gasteiger charge is 2.24. The molecule has 0 rings (SSSR count). The van der Waals surface area contributed by atoms with Gasteiger partial charge in [0.1, 0.15) is 0 Å². The molecule has 0 aliphatic heterocycles. The summed E-state index contributed by atoms with van der Waals surface area (Å²) in [6.07, 6.45) is 0. The van der Waals surface area contributed by atoms with Crippen LogP contribution in [0.2, 0.25) is 0 Å². The third-order valence-electron chi connectivity index (χ3n) is 2.80. The minimum absolute atomic E-state index is 0.0529. The van der Waals surface area contributed by atoms with Crippen molar-refractivity contribution in [3.05, 3.63) is 0 Å². The highest BCUT2D eigenvalue weighted by atomic mass is 16.2. The summed E-state index contributed by atoms with van der Waals surface area (Å²) in [6, 6.07) is 0. The highest BCUT2D eigenvalue weighted by molar-refractivity contribution is 5.85. The van der Waals surface area contributed by atoms with Crippen LogP contribution in [0.1, 0.15) is 27.7 Å². The molecular formula is C11H25N3O. The zero-order chi connectivity index (χ0) is 11.9. The van der Waals surface area contributed by atoms with E-state index in [1.54, 1.807) is 7.05 Å². The van der Waals surface area contributed by atoms with Crippen LogP contribution < -0.4 is 10.6 Å². The van der Waals surface area contributed by atoms with E-state index < -0.39 is 5.54 Å². The van der Waals surface area contributed by atoms with Crippen molar-refractivity contribution < 1.29 is 4.79 Å². The van der Waals surface area contributed by atoms with Gasteiger partial charge in [-0.25, -0.2) is 0 Å². The maximum Gasteiger partial charge on any atom is 0.239 e. The molecule has 0 aromatic carbocycles. The molecule has 4 heteroatoms. The van der Waals surface area contributed by atoms with Gasteiger partial charge in [0, 0.05) is 13.1 Å². The summed E-state index contributed by atoms with van der Waals surface area (Å²) in [5, 5.41) is 5.91. The molecule has 1 amide bonds. The van der Waals surface area contributed by atoms with Crippen LogP contribution in [0.3, 0.4) is 0 Å². The largest absolute Gasteiger partial charge is 0.353 e. The smallest absolute Gasteiger partial charge is 0.239 e. The molecular weight excluding hydrogens is 190 g/mol. The SMILES string of the molecule is CCN(CC)CCNC(=O)C(C)(C)NC. The predicted octanol–water partition coefficient (Wildman–Crippen LogP) is 0.442. The molecule has 0 spiro atoms. The summed E-state index contributed by atoms with van der Waals surface area (Å²) < 4.78 is 0. The fourth-order valence-corrected chi connectivity index (χ4v) is 1.20. The number of likely N-dealkylation sites (N-methyl/N-ethyl adjacent to an activating group) is 2. The van der Waals surface area contributed by atoms with Gasteiger partial charge in [-0.05, 0) is 34.0 Å². The van der Waals surface area contributed by atoms with Gasteiger partial charge in [-0.3, -0.25) is 4.79 Å². The van der Waals surface area contributed by atoms with Crippen LogP contribution in [-0.2, 0) is 4.79 Å². The van der Waals surface area contributed by atoms with Crippen molar-refractivity contribution in [2.24, 2.45) is 0 Å². The van der Waals surface area contributed by atoms with Gasteiger partial charge >= 0.3 is 0 Å². The Balaban J connectivity index is 3.82. The number of amides is 1. The molecule has 90 valence electrons. The van der Waals surface area contributed by atoms with Gasteiger partial charge in [0.05, 0.1) is 5.54 Å². The first-order valence-corrected chi connectivity index (χ1v) is 5.67. The van der Waals surface area contributed by atoms with Crippen molar-refractivity contribution in [3.63, 3.8) is 0 Å². The van der Waals surface area contributed by atoms with E-state index in [0.717, 1.165) is 19.6 Å². The first-order valence-electron chi connectivity index (χ1n) is 5.67. The Labute approximate surface area is 93.4 Å². The maximum atomic E-state index is 11.7. The Morgan fingerprint density at radius 1 is 1.27 bits per heavy atom. The maximum absolute atomic E-state index is 11.7. The van der Waals surface area contributed by atoms with E-state index in [-0.39, 0.29) is 5.91 Å². The molecule has 0 heterocycles. The lowest BCUT2D eigenvalue weighted by Gasteiger charge is -2.24. The van der Waals surface area contributed by atoms with Crippen LogP contribution in [0.25, 0.3) is 0 Å². The molecule has 0 radical (unpaired) electrons. The fraction of sp³-hybridized carbons (Fsp3) is 0.909. The van der Waals surface area contributed by atoms with Crippen LogP contribution in [0.4, 0.5) is 0 Å². The van der Waals surface area contributed by atoms with Crippen LogP contribution in [0.15, 0.2) is 0 Å². The van der Waals surface area contributed by atoms with Crippen molar-refractivity contribution in [2.45, 2.75) is 33.2 Å². The minimum atomic E-state index is -0.483. The quantitative estimate of drug-likeness (QED) is 0.648. The predicted molar refractivity (Wildman–Crippen MR) is 63.9 cm³/mol. The zero-order valence-electron chi connectivity index (χ0n) is 10.7. The van der Waals surface area contributed by atoms with E-state index in [0.29, 0.717) is 6.54 Å². The summed E-state index contributed by atoms with van der Waals surface area (Å²) in [4.78, 5) is 13.9. The molecule has 0 aromatic rings. The van der Waals surface area contributed by atoms with Gasteiger partial charge in [-0.15, -0.1) is 0 Å². The molecule has 0 saturated carbocycles. The van der Waals surface area contributed by atoms with Gasteiger partial charge in [0.2, 0.25) is 5.91 Å². The monoisotopic (exact) mass is 215 g/mol. The molecule has 0 atom stereocenters. The number of rotatable bonds is 7. The van der Waals surface area contributed by atoms with Gasteiger partial charge in [-0.1, -0.05) is 13.8 Å². The second kappa shape index (κ2) is 6.80. The van der Waals surface area contributed by atoms with Crippen molar-refractivity contribution >= 4 is 5.91 Å². The molecule has 0 unspecified atom stereocenters. The zero-order valence-corrected chi connectivity index (χ0v) is 10.7. The number of hydrogen-bond acceptors (Lipinski definition) is 3. The molecule has 0 fully saturated rings. The molecule has 4 nitrogen and oxygen atoms in total. The first kappa shape index (κ1) is 14.4. The topological polar surface area (TPSA) is 44.4 Å². The Hall–Kier alpha value is -0.610. The summed E-state index contributed by atoms with van der Waals surface area (Å²) in [5.41, 5.74) is -0.483. The van der Waals surface area contributed by atoms with Crippen LogP contribution in [-0.4, -0.2) is 49.6 Å². The number of hydrogen-bond donors (Lipinski definition) is 2. The Kier molecular flexibility index (Phi) is 6.52. The molecule has 0 bridgehead atoms. The van der Waals surface area contributed by atoms with E-state index >= 15 is 0 Å². The van der Waals surface area contributed by atoms with E-state index in [2.05, 4.69) is 29.4 Å². The average molecular weight is 215 g/mol. The van der Waals surface area contributed by atoms with Crippen molar-refractivity contribution in [1.29, 1.82) is 0 Å².